The summed E-state index contributed by atoms with van der Waals surface area (Å²) < 4.78 is 38.4. The SMILES string of the molecule is N#Cc1cccc(-n2nc(C(F)(F)F)cc2C(=O)O)c1.Nc1ccc(CNC(c2ccccc2)c2cccc(N)c2)cc1. The van der Waals surface area contributed by atoms with Crippen LogP contribution in [0.25, 0.3) is 5.69 Å². The van der Waals surface area contributed by atoms with E-state index < -0.39 is 23.5 Å². The minimum Gasteiger partial charge on any atom is -0.477 e. The largest absolute Gasteiger partial charge is 0.477 e. The number of alkyl halides is 3. The summed E-state index contributed by atoms with van der Waals surface area (Å²) in [6.45, 7) is 0.759. The highest BCUT2D eigenvalue weighted by Crippen LogP contribution is 2.30. The first-order valence-electron chi connectivity index (χ1n) is 12.9. The van der Waals surface area contributed by atoms with Gasteiger partial charge in [-0.05, 0) is 59.2 Å². The molecule has 43 heavy (non-hydrogen) atoms. The first-order chi connectivity index (χ1) is 20.5. The molecule has 1 unspecified atom stereocenters. The van der Waals surface area contributed by atoms with E-state index in [0.29, 0.717) is 10.7 Å². The van der Waals surface area contributed by atoms with Crippen LogP contribution in [0.1, 0.15) is 44.5 Å². The molecular formula is C32H27F3N6O2. The van der Waals surface area contributed by atoms with E-state index in [4.69, 9.17) is 21.8 Å². The number of halogens is 3. The molecular weight excluding hydrogens is 557 g/mol. The van der Waals surface area contributed by atoms with Crippen LogP contribution in [-0.2, 0) is 12.7 Å². The molecule has 0 spiro atoms. The molecule has 4 aromatic carbocycles. The van der Waals surface area contributed by atoms with Crippen LogP contribution in [0.15, 0.2) is 109 Å². The summed E-state index contributed by atoms with van der Waals surface area (Å²) in [6.07, 6.45) is -4.75. The molecule has 8 nitrogen and oxygen atoms in total. The number of anilines is 2. The monoisotopic (exact) mass is 584 g/mol. The Kier molecular flexibility index (Phi) is 9.44. The van der Waals surface area contributed by atoms with Crippen molar-refractivity contribution in [1.82, 2.24) is 15.1 Å². The highest BCUT2D eigenvalue weighted by atomic mass is 19.4. The van der Waals surface area contributed by atoms with E-state index in [1.165, 1.54) is 35.4 Å². The van der Waals surface area contributed by atoms with Crippen LogP contribution < -0.4 is 16.8 Å². The number of nitrogen functional groups attached to an aromatic ring is 2. The van der Waals surface area contributed by atoms with Gasteiger partial charge in [0.1, 0.15) is 0 Å². The van der Waals surface area contributed by atoms with Gasteiger partial charge in [-0.25, -0.2) is 9.48 Å². The van der Waals surface area contributed by atoms with E-state index in [2.05, 4.69) is 40.7 Å². The van der Waals surface area contributed by atoms with Gasteiger partial charge in [0, 0.05) is 24.0 Å². The summed E-state index contributed by atoms with van der Waals surface area (Å²) in [4.78, 5) is 11.0. The second-order valence-electron chi connectivity index (χ2n) is 9.43. The molecule has 0 aliphatic carbocycles. The molecule has 5 rings (SSSR count). The van der Waals surface area contributed by atoms with E-state index >= 15 is 0 Å². The number of benzene rings is 4. The predicted octanol–water partition coefficient (Wildman–Crippen LogP) is 6.19. The number of carboxylic acids is 1. The molecule has 0 amide bonds. The van der Waals surface area contributed by atoms with Crippen LogP contribution >= 0.6 is 0 Å². The topological polar surface area (TPSA) is 143 Å². The Bertz CT molecular complexity index is 1730. The zero-order chi connectivity index (χ0) is 31.0. The number of aromatic nitrogens is 2. The first-order valence-corrected chi connectivity index (χ1v) is 12.9. The molecule has 11 heteroatoms. The Hall–Kier alpha value is -5.60. The van der Waals surface area contributed by atoms with Gasteiger partial charge in [-0.3, -0.25) is 0 Å². The maximum Gasteiger partial charge on any atom is 0.435 e. The fourth-order valence-corrected chi connectivity index (χ4v) is 4.24. The number of carbonyl (C=O) groups is 1. The van der Waals surface area contributed by atoms with Crippen LogP contribution in [-0.4, -0.2) is 20.9 Å². The van der Waals surface area contributed by atoms with Gasteiger partial charge in [-0.1, -0.05) is 60.7 Å². The second kappa shape index (κ2) is 13.4. The van der Waals surface area contributed by atoms with Crippen LogP contribution in [0, 0.1) is 11.3 Å². The van der Waals surface area contributed by atoms with E-state index in [-0.39, 0.29) is 17.3 Å². The molecule has 0 bridgehead atoms. The zero-order valence-electron chi connectivity index (χ0n) is 22.7. The lowest BCUT2D eigenvalue weighted by Gasteiger charge is -2.20. The van der Waals surface area contributed by atoms with Crippen molar-refractivity contribution in [2.24, 2.45) is 0 Å². The molecule has 1 heterocycles. The van der Waals surface area contributed by atoms with Crippen molar-refractivity contribution in [2.75, 3.05) is 11.5 Å². The number of nitrogens with one attached hydrogen (secondary N) is 1. The maximum absolute atomic E-state index is 12.6. The van der Waals surface area contributed by atoms with Gasteiger partial charge in [0.25, 0.3) is 0 Å². The van der Waals surface area contributed by atoms with Gasteiger partial charge < -0.3 is 21.9 Å². The molecule has 0 aliphatic heterocycles. The number of rotatable bonds is 7. The number of carboxylic acid groups (broad SMARTS) is 1. The molecule has 218 valence electrons. The number of aromatic carboxylic acids is 1. The van der Waals surface area contributed by atoms with Crippen LogP contribution in [0.5, 0.6) is 0 Å². The minimum atomic E-state index is -4.75. The summed E-state index contributed by atoms with van der Waals surface area (Å²) in [5.41, 5.74) is 15.1. The average molecular weight is 585 g/mol. The third-order valence-corrected chi connectivity index (χ3v) is 6.31. The molecule has 6 N–H and O–H groups in total. The van der Waals surface area contributed by atoms with Gasteiger partial charge in [0.2, 0.25) is 0 Å². The average Bonchev–Trinajstić information content (AvgIpc) is 3.47. The molecule has 1 aromatic heterocycles. The van der Waals surface area contributed by atoms with E-state index in [9.17, 15) is 18.0 Å². The number of hydrogen-bond donors (Lipinski definition) is 4. The zero-order valence-corrected chi connectivity index (χ0v) is 22.7. The Morgan fingerprint density at radius 1 is 0.884 bits per heavy atom. The fourth-order valence-electron chi connectivity index (χ4n) is 4.24. The highest BCUT2D eigenvalue weighted by Gasteiger charge is 2.36. The lowest BCUT2D eigenvalue weighted by Crippen LogP contribution is -2.22. The fraction of sp³-hybridized carbons (Fsp3) is 0.0938. The van der Waals surface area contributed by atoms with Gasteiger partial charge in [-0.2, -0.15) is 23.5 Å². The third-order valence-electron chi connectivity index (χ3n) is 6.31. The quantitative estimate of drug-likeness (QED) is 0.167. The van der Waals surface area contributed by atoms with Crippen molar-refractivity contribution in [3.8, 4) is 11.8 Å². The Morgan fingerprint density at radius 3 is 2.19 bits per heavy atom. The van der Waals surface area contributed by atoms with Crippen molar-refractivity contribution in [1.29, 1.82) is 5.26 Å². The third kappa shape index (κ3) is 8.00. The smallest absolute Gasteiger partial charge is 0.435 e. The molecule has 0 saturated heterocycles. The van der Waals surface area contributed by atoms with Crippen LogP contribution in [0.4, 0.5) is 24.5 Å². The summed E-state index contributed by atoms with van der Waals surface area (Å²) in [5.74, 6) is -1.55. The van der Waals surface area contributed by atoms with Gasteiger partial charge in [0.05, 0.1) is 23.4 Å². The summed E-state index contributed by atoms with van der Waals surface area (Å²) in [6, 6.07) is 34.2. The van der Waals surface area contributed by atoms with Gasteiger partial charge in [0.15, 0.2) is 11.4 Å². The first kappa shape index (κ1) is 30.4. The lowest BCUT2D eigenvalue weighted by atomic mass is 9.98. The minimum absolute atomic E-state index is 0.0666. The lowest BCUT2D eigenvalue weighted by molar-refractivity contribution is -0.141. The Labute approximate surface area is 245 Å². The van der Waals surface area contributed by atoms with Crippen molar-refractivity contribution in [3.05, 3.63) is 143 Å². The molecule has 0 radical (unpaired) electrons. The molecule has 0 saturated carbocycles. The number of hydrogen-bond acceptors (Lipinski definition) is 6. The number of nitrogens with zero attached hydrogens (tertiary/aromatic N) is 3. The number of nitrogens with two attached hydrogens (primary N) is 2. The second-order valence-corrected chi connectivity index (χ2v) is 9.43. The van der Waals surface area contributed by atoms with Crippen molar-refractivity contribution < 1.29 is 23.1 Å². The molecule has 5 aromatic rings. The maximum atomic E-state index is 12.6. The van der Waals surface area contributed by atoms with Gasteiger partial charge >= 0.3 is 12.1 Å². The Balaban J connectivity index is 0.000000199. The van der Waals surface area contributed by atoms with Crippen molar-refractivity contribution >= 4 is 17.3 Å². The Morgan fingerprint density at radius 2 is 1.56 bits per heavy atom. The standard InChI is InChI=1S/C20H21N3.C12H6F3N3O2/c21-18-11-9-15(10-12-18)14-23-20(16-5-2-1-3-6-16)17-7-4-8-19(22)13-17;13-12(14,15)10-5-9(11(19)20)18(17-10)8-3-1-2-7(4-8)6-16/h1-13,20,23H,14,21-22H2;1-5H,(H,19,20). The van der Waals surface area contributed by atoms with Gasteiger partial charge in [-0.15, -0.1) is 0 Å². The molecule has 0 aliphatic rings. The van der Waals surface area contributed by atoms with E-state index in [0.717, 1.165) is 23.5 Å². The summed E-state index contributed by atoms with van der Waals surface area (Å²) in [7, 11) is 0. The normalized spacial score (nSPS) is 11.6. The molecule has 0 fully saturated rings. The number of nitriles is 1. The predicted molar refractivity (Wildman–Crippen MR) is 157 cm³/mol. The van der Waals surface area contributed by atoms with Crippen LogP contribution in [0.3, 0.4) is 0 Å². The van der Waals surface area contributed by atoms with E-state index in [1.54, 1.807) is 0 Å². The van der Waals surface area contributed by atoms with Crippen molar-refractivity contribution in [2.45, 2.75) is 18.8 Å². The van der Waals surface area contributed by atoms with Crippen LogP contribution in [0.2, 0.25) is 0 Å². The summed E-state index contributed by atoms with van der Waals surface area (Å²) >= 11 is 0. The highest BCUT2D eigenvalue weighted by molar-refractivity contribution is 5.86. The van der Waals surface area contributed by atoms with Crippen molar-refractivity contribution in [3.63, 3.8) is 0 Å². The molecule has 1 atom stereocenters. The summed E-state index contributed by atoms with van der Waals surface area (Å²) in [5, 5.41) is 24.6. The van der Waals surface area contributed by atoms with E-state index in [1.807, 2.05) is 54.6 Å².